The average Bonchev–Trinajstić information content (AvgIpc) is 3.13. The molecule has 0 aliphatic rings. The van der Waals surface area contributed by atoms with Gasteiger partial charge in [0.1, 0.15) is 5.82 Å². The number of carbonyl (C=O) groups is 2. The van der Waals surface area contributed by atoms with Crippen LogP contribution >= 0.6 is 0 Å². The van der Waals surface area contributed by atoms with E-state index in [1.165, 1.54) is 30.2 Å². The number of rotatable bonds is 8. The maximum absolute atomic E-state index is 14.0. The summed E-state index contributed by atoms with van der Waals surface area (Å²) in [4.78, 5) is 29.9. The van der Waals surface area contributed by atoms with E-state index in [2.05, 4.69) is 4.98 Å². The highest BCUT2D eigenvalue weighted by molar-refractivity contribution is 5.94. The third kappa shape index (κ3) is 5.14. The van der Waals surface area contributed by atoms with Crippen LogP contribution in [0.25, 0.3) is 0 Å². The third-order valence-corrected chi connectivity index (χ3v) is 3.89. The molecule has 6 nitrogen and oxygen atoms in total. The minimum absolute atomic E-state index is 0.00203. The molecule has 0 aliphatic carbocycles. The van der Waals surface area contributed by atoms with E-state index in [-0.39, 0.29) is 12.1 Å². The highest BCUT2D eigenvalue weighted by Crippen LogP contribution is 2.13. The fourth-order valence-corrected chi connectivity index (χ4v) is 2.55. The van der Waals surface area contributed by atoms with Gasteiger partial charge >= 0.3 is 5.97 Å². The fraction of sp³-hybridized carbons (Fsp3) is 0.389. The summed E-state index contributed by atoms with van der Waals surface area (Å²) in [6, 6.07) is 5.85. The van der Waals surface area contributed by atoms with Gasteiger partial charge in [-0.25, -0.2) is 9.37 Å². The number of benzene rings is 1. The summed E-state index contributed by atoms with van der Waals surface area (Å²) in [7, 11) is 1.31. The number of hydrogen-bond donors (Lipinski definition) is 0. The van der Waals surface area contributed by atoms with Crippen LogP contribution in [0.4, 0.5) is 4.39 Å². The number of esters is 1. The number of aryl methyl sites for hydroxylation is 1. The van der Waals surface area contributed by atoms with Crippen molar-refractivity contribution in [3.63, 3.8) is 0 Å². The number of imidazole rings is 1. The van der Waals surface area contributed by atoms with Gasteiger partial charge in [0.15, 0.2) is 0 Å². The van der Waals surface area contributed by atoms with Gasteiger partial charge in [0.25, 0.3) is 5.91 Å². The summed E-state index contributed by atoms with van der Waals surface area (Å²) in [6.07, 6.45) is 5.87. The van der Waals surface area contributed by atoms with Gasteiger partial charge in [0.05, 0.1) is 24.9 Å². The van der Waals surface area contributed by atoms with Crippen molar-refractivity contribution in [3.05, 3.63) is 54.4 Å². The Morgan fingerprint density at radius 2 is 2.12 bits per heavy atom. The molecule has 0 N–H and O–H groups in total. The molecule has 7 heteroatoms. The van der Waals surface area contributed by atoms with Gasteiger partial charge in [-0.3, -0.25) is 9.59 Å². The van der Waals surface area contributed by atoms with E-state index in [1.54, 1.807) is 25.5 Å². The van der Waals surface area contributed by atoms with Gasteiger partial charge in [-0.1, -0.05) is 19.1 Å². The molecule has 0 bridgehead atoms. The topological polar surface area (TPSA) is 64.4 Å². The Bertz CT molecular complexity index is 703. The monoisotopic (exact) mass is 347 g/mol. The Morgan fingerprint density at radius 1 is 1.36 bits per heavy atom. The van der Waals surface area contributed by atoms with Crippen LogP contribution in [0.1, 0.15) is 23.7 Å². The Hall–Kier alpha value is -2.70. The van der Waals surface area contributed by atoms with Gasteiger partial charge in [0, 0.05) is 32.0 Å². The zero-order valence-corrected chi connectivity index (χ0v) is 14.4. The molecule has 0 saturated carbocycles. The van der Waals surface area contributed by atoms with Crippen molar-refractivity contribution in [3.8, 4) is 0 Å². The molecule has 0 aliphatic heterocycles. The van der Waals surface area contributed by atoms with E-state index >= 15 is 0 Å². The van der Waals surface area contributed by atoms with Crippen molar-refractivity contribution in [1.82, 2.24) is 14.5 Å². The van der Waals surface area contributed by atoms with Crippen LogP contribution in [0.3, 0.4) is 0 Å². The van der Waals surface area contributed by atoms with Gasteiger partial charge in [-0.15, -0.1) is 0 Å². The lowest BCUT2D eigenvalue weighted by Gasteiger charge is -2.25. The van der Waals surface area contributed by atoms with Crippen LogP contribution in [0.15, 0.2) is 43.0 Å². The zero-order chi connectivity index (χ0) is 18.2. The molecule has 1 amide bonds. The molecular weight excluding hydrogens is 325 g/mol. The van der Waals surface area contributed by atoms with Crippen molar-refractivity contribution in [1.29, 1.82) is 0 Å². The normalized spacial score (nSPS) is 11.8. The molecule has 1 aromatic heterocycles. The van der Waals surface area contributed by atoms with Crippen LogP contribution in [-0.2, 0) is 16.1 Å². The predicted octanol–water partition coefficient (Wildman–Crippen LogP) is 2.36. The highest BCUT2D eigenvalue weighted by Gasteiger charge is 2.24. The van der Waals surface area contributed by atoms with E-state index < -0.39 is 23.6 Å². The minimum Gasteiger partial charge on any atom is -0.469 e. The van der Waals surface area contributed by atoms with Crippen LogP contribution in [-0.4, -0.2) is 46.5 Å². The van der Waals surface area contributed by atoms with Crippen LogP contribution < -0.4 is 0 Å². The van der Waals surface area contributed by atoms with Crippen LogP contribution in [0, 0.1) is 11.7 Å². The second-order valence-corrected chi connectivity index (χ2v) is 5.81. The number of hydrogen-bond acceptors (Lipinski definition) is 4. The summed E-state index contributed by atoms with van der Waals surface area (Å²) < 4.78 is 20.6. The Labute approximate surface area is 146 Å². The van der Waals surface area contributed by atoms with Gasteiger partial charge < -0.3 is 14.2 Å². The molecule has 134 valence electrons. The number of amides is 1. The molecule has 1 aromatic carbocycles. The maximum Gasteiger partial charge on any atom is 0.310 e. The summed E-state index contributed by atoms with van der Waals surface area (Å²) in [5.41, 5.74) is 0.00203. The first-order valence-corrected chi connectivity index (χ1v) is 8.10. The second kappa shape index (κ2) is 8.96. The second-order valence-electron chi connectivity index (χ2n) is 5.81. The van der Waals surface area contributed by atoms with E-state index in [9.17, 15) is 14.0 Å². The summed E-state index contributed by atoms with van der Waals surface area (Å²) in [5.74, 6) is -1.90. The number of halogens is 1. The fourth-order valence-electron chi connectivity index (χ4n) is 2.55. The summed E-state index contributed by atoms with van der Waals surface area (Å²) >= 11 is 0. The lowest BCUT2D eigenvalue weighted by molar-refractivity contribution is -0.145. The van der Waals surface area contributed by atoms with E-state index in [0.29, 0.717) is 19.5 Å². The smallest absolute Gasteiger partial charge is 0.310 e. The SMILES string of the molecule is COC(=O)C(C)CN(CCCn1ccnc1)C(=O)c1ccccc1F. The van der Waals surface area contributed by atoms with Crippen LogP contribution in [0.5, 0.6) is 0 Å². The van der Waals surface area contributed by atoms with Crippen molar-refractivity contribution >= 4 is 11.9 Å². The van der Waals surface area contributed by atoms with Crippen LogP contribution in [0.2, 0.25) is 0 Å². The third-order valence-electron chi connectivity index (χ3n) is 3.89. The number of methoxy groups -OCH3 is 1. The Morgan fingerprint density at radius 3 is 2.76 bits per heavy atom. The number of nitrogens with zero attached hydrogens (tertiary/aromatic N) is 3. The average molecular weight is 347 g/mol. The maximum atomic E-state index is 14.0. The number of carbonyl (C=O) groups excluding carboxylic acids is 2. The molecule has 1 atom stereocenters. The number of aromatic nitrogens is 2. The molecule has 0 spiro atoms. The molecule has 0 radical (unpaired) electrons. The molecule has 0 saturated heterocycles. The van der Waals surface area contributed by atoms with Gasteiger partial charge in [-0.2, -0.15) is 0 Å². The molecule has 2 rings (SSSR count). The van der Waals surface area contributed by atoms with Gasteiger partial charge in [0.2, 0.25) is 0 Å². The van der Waals surface area contributed by atoms with Crippen molar-refractivity contribution < 1.29 is 18.7 Å². The lowest BCUT2D eigenvalue weighted by Crippen LogP contribution is -2.38. The Kier molecular flexibility index (Phi) is 6.68. The quantitative estimate of drug-likeness (QED) is 0.688. The molecule has 2 aromatic rings. The standard InChI is InChI=1S/C18H22FN3O3/c1-14(18(24)25-2)12-22(10-5-9-21-11-8-20-13-21)17(23)15-6-3-4-7-16(15)19/h3-4,6-8,11,13-14H,5,9-10,12H2,1-2H3. The van der Waals surface area contributed by atoms with Crippen molar-refractivity contribution in [2.45, 2.75) is 19.9 Å². The first-order valence-electron chi connectivity index (χ1n) is 8.10. The van der Waals surface area contributed by atoms with E-state index in [0.717, 1.165) is 0 Å². The molecule has 0 fully saturated rings. The van der Waals surface area contributed by atoms with Crippen molar-refractivity contribution in [2.24, 2.45) is 5.92 Å². The van der Waals surface area contributed by atoms with E-state index in [4.69, 9.17) is 4.74 Å². The summed E-state index contributed by atoms with van der Waals surface area (Å²) in [6.45, 7) is 2.92. The zero-order valence-electron chi connectivity index (χ0n) is 14.4. The highest BCUT2D eigenvalue weighted by atomic mass is 19.1. The first kappa shape index (κ1) is 18.6. The van der Waals surface area contributed by atoms with Crippen molar-refractivity contribution in [2.75, 3.05) is 20.2 Å². The summed E-state index contributed by atoms with van der Waals surface area (Å²) in [5, 5.41) is 0. The molecule has 1 unspecified atom stereocenters. The predicted molar refractivity (Wildman–Crippen MR) is 90.3 cm³/mol. The molecule has 1 heterocycles. The largest absolute Gasteiger partial charge is 0.469 e. The first-order chi connectivity index (χ1) is 12.0. The Balaban J connectivity index is 2.08. The number of ether oxygens (including phenoxy) is 1. The lowest BCUT2D eigenvalue weighted by atomic mass is 10.1. The van der Waals surface area contributed by atoms with E-state index in [1.807, 2.05) is 10.8 Å². The molecule has 25 heavy (non-hydrogen) atoms. The van der Waals surface area contributed by atoms with Gasteiger partial charge in [-0.05, 0) is 18.6 Å². The minimum atomic E-state index is -0.571. The molecular formula is C18H22FN3O3.